The van der Waals surface area contributed by atoms with E-state index in [1.807, 2.05) is 27.1 Å². The first-order valence-electron chi connectivity index (χ1n) is 7.28. The van der Waals surface area contributed by atoms with Gasteiger partial charge in [-0.15, -0.1) is 0 Å². The van der Waals surface area contributed by atoms with E-state index >= 15 is 0 Å². The van der Waals surface area contributed by atoms with Gasteiger partial charge in [-0.1, -0.05) is 30.3 Å². The minimum Gasteiger partial charge on any atom is -0.351 e. The van der Waals surface area contributed by atoms with Crippen LogP contribution in [0.2, 0.25) is 0 Å². The van der Waals surface area contributed by atoms with Gasteiger partial charge in [0.05, 0.1) is 6.54 Å². The third-order valence-corrected chi connectivity index (χ3v) is 3.59. The van der Waals surface area contributed by atoms with Crippen molar-refractivity contribution in [3.63, 3.8) is 0 Å². The second-order valence-corrected chi connectivity index (χ2v) is 5.97. The Labute approximate surface area is 121 Å². The Kier molecular flexibility index (Phi) is 5.15. The first-order chi connectivity index (χ1) is 9.56. The fraction of sp³-hybridized carbons (Fsp3) is 0.562. The fourth-order valence-electron chi connectivity index (χ4n) is 2.63. The van der Waals surface area contributed by atoms with Crippen LogP contribution in [-0.2, 0) is 4.79 Å². The third kappa shape index (κ3) is 4.62. The maximum atomic E-state index is 11.8. The molecule has 20 heavy (non-hydrogen) atoms. The number of carbonyl (C=O) groups excluding carboxylic acids is 1. The van der Waals surface area contributed by atoms with Crippen LogP contribution in [0.3, 0.4) is 0 Å². The molecular formula is C16H25N3O. The number of amides is 1. The molecule has 0 radical (unpaired) electrons. The molecular weight excluding hydrogens is 250 g/mol. The van der Waals surface area contributed by atoms with Gasteiger partial charge in [0.2, 0.25) is 5.91 Å². The van der Waals surface area contributed by atoms with Crippen LogP contribution in [0.4, 0.5) is 0 Å². The maximum absolute atomic E-state index is 11.8. The molecule has 0 saturated heterocycles. The summed E-state index contributed by atoms with van der Waals surface area (Å²) in [7, 11) is 4.02. The second kappa shape index (κ2) is 6.86. The highest BCUT2D eigenvalue weighted by Gasteiger charge is 2.37. The summed E-state index contributed by atoms with van der Waals surface area (Å²) in [6.45, 7) is 3.30. The number of rotatable bonds is 7. The highest BCUT2D eigenvalue weighted by atomic mass is 16.2. The van der Waals surface area contributed by atoms with Crippen molar-refractivity contribution in [2.45, 2.75) is 31.3 Å². The normalized spacial score (nSPS) is 22.6. The van der Waals surface area contributed by atoms with E-state index in [2.05, 4.69) is 39.8 Å². The summed E-state index contributed by atoms with van der Waals surface area (Å²) >= 11 is 0. The molecule has 0 aromatic heterocycles. The molecule has 1 aliphatic carbocycles. The standard InChI is InChI=1S/C16H25N3O/c1-12(11-19(2)3)18-16(20)10-17-15-9-14(15)13-7-5-4-6-8-13/h4-8,12,14-15,17H,9-11H2,1-3H3,(H,18,20)/t12?,14-,15+/m0/s1. The number of hydrogen-bond acceptors (Lipinski definition) is 3. The zero-order chi connectivity index (χ0) is 14.5. The lowest BCUT2D eigenvalue weighted by Crippen LogP contribution is -2.43. The number of nitrogens with zero attached hydrogens (tertiary/aromatic N) is 1. The summed E-state index contributed by atoms with van der Waals surface area (Å²) in [5.41, 5.74) is 1.37. The summed E-state index contributed by atoms with van der Waals surface area (Å²) in [6, 6.07) is 11.1. The molecule has 1 unspecified atom stereocenters. The van der Waals surface area contributed by atoms with Crippen LogP contribution >= 0.6 is 0 Å². The minimum absolute atomic E-state index is 0.0815. The van der Waals surface area contributed by atoms with Gasteiger partial charge in [0.25, 0.3) is 0 Å². The lowest BCUT2D eigenvalue weighted by molar-refractivity contribution is -0.120. The van der Waals surface area contributed by atoms with Gasteiger partial charge >= 0.3 is 0 Å². The van der Waals surface area contributed by atoms with Gasteiger partial charge in [-0.2, -0.15) is 0 Å². The maximum Gasteiger partial charge on any atom is 0.234 e. The SMILES string of the molecule is CC(CN(C)C)NC(=O)CN[C@@H]1C[C@H]1c1ccccc1. The van der Waals surface area contributed by atoms with Crippen molar-refractivity contribution in [2.75, 3.05) is 27.2 Å². The number of carbonyl (C=O) groups is 1. The van der Waals surface area contributed by atoms with E-state index in [1.165, 1.54) is 5.56 Å². The zero-order valence-corrected chi connectivity index (χ0v) is 12.6. The van der Waals surface area contributed by atoms with Gasteiger partial charge in [0.15, 0.2) is 0 Å². The number of nitrogens with one attached hydrogen (secondary N) is 2. The van der Waals surface area contributed by atoms with Crippen molar-refractivity contribution in [1.82, 2.24) is 15.5 Å². The molecule has 2 N–H and O–H groups in total. The Morgan fingerprint density at radius 3 is 2.70 bits per heavy atom. The topological polar surface area (TPSA) is 44.4 Å². The Bertz CT molecular complexity index is 433. The van der Waals surface area contributed by atoms with Crippen molar-refractivity contribution < 1.29 is 4.79 Å². The highest BCUT2D eigenvalue weighted by Crippen LogP contribution is 2.40. The first-order valence-corrected chi connectivity index (χ1v) is 7.28. The highest BCUT2D eigenvalue weighted by molar-refractivity contribution is 5.78. The lowest BCUT2D eigenvalue weighted by atomic mass is 10.1. The van der Waals surface area contributed by atoms with Crippen molar-refractivity contribution >= 4 is 5.91 Å². The summed E-state index contributed by atoms with van der Waals surface area (Å²) in [6.07, 6.45) is 1.13. The van der Waals surface area contributed by atoms with Crippen molar-refractivity contribution in [3.8, 4) is 0 Å². The molecule has 0 heterocycles. The second-order valence-electron chi connectivity index (χ2n) is 5.97. The molecule has 1 aromatic rings. The molecule has 3 atom stereocenters. The van der Waals surface area contributed by atoms with Crippen molar-refractivity contribution in [1.29, 1.82) is 0 Å². The van der Waals surface area contributed by atoms with E-state index in [4.69, 9.17) is 0 Å². The van der Waals surface area contributed by atoms with Crippen molar-refractivity contribution in [3.05, 3.63) is 35.9 Å². The molecule has 4 nitrogen and oxygen atoms in total. The van der Waals surface area contributed by atoms with Crippen LogP contribution in [0, 0.1) is 0 Å². The average molecular weight is 275 g/mol. The molecule has 1 aliphatic rings. The van der Waals surface area contributed by atoms with E-state index in [1.54, 1.807) is 0 Å². The van der Waals surface area contributed by atoms with Crippen LogP contribution < -0.4 is 10.6 Å². The van der Waals surface area contributed by atoms with Gasteiger partial charge in [-0.3, -0.25) is 4.79 Å². The predicted octanol–water partition coefficient (Wildman–Crippen LogP) is 1.20. The van der Waals surface area contributed by atoms with Gasteiger partial charge in [-0.05, 0) is 33.0 Å². The van der Waals surface area contributed by atoms with Crippen LogP contribution in [-0.4, -0.2) is 50.1 Å². The largest absolute Gasteiger partial charge is 0.351 e. The van der Waals surface area contributed by atoms with Gasteiger partial charge in [-0.25, -0.2) is 0 Å². The van der Waals surface area contributed by atoms with Gasteiger partial charge in [0, 0.05) is 24.5 Å². The summed E-state index contributed by atoms with van der Waals surface area (Å²) in [5.74, 6) is 0.654. The molecule has 1 saturated carbocycles. The molecule has 0 bridgehead atoms. The Morgan fingerprint density at radius 2 is 2.05 bits per heavy atom. The van der Waals surface area contributed by atoms with E-state index in [-0.39, 0.29) is 11.9 Å². The summed E-state index contributed by atoms with van der Waals surface area (Å²) < 4.78 is 0. The first kappa shape index (κ1) is 15.0. The molecule has 2 rings (SSSR count). The predicted molar refractivity (Wildman–Crippen MR) is 81.7 cm³/mol. The quantitative estimate of drug-likeness (QED) is 0.786. The summed E-state index contributed by atoms with van der Waals surface area (Å²) in [5, 5.41) is 6.34. The Morgan fingerprint density at radius 1 is 1.35 bits per heavy atom. The van der Waals surface area contributed by atoms with Gasteiger partial charge in [0.1, 0.15) is 0 Å². The van der Waals surface area contributed by atoms with E-state index < -0.39 is 0 Å². The van der Waals surface area contributed by atoms with Crippen LogP contribution in [0.5, 0.6) is 0 Å². The number of hydrogen-bond donors (Lipinski definition) is 2. The number of benzene rings is 1. The van der Waals surface area contributed by atoms with E-state index in [9.17, 15) is 4.79 Å². The van der Waals surface area contributed by atoms with Crippen molar-refractivity contribution in [2.24, 2.45) is 0 Å². The molecule has 0 spiro atoms. The van der Waals surface area contributed by atoms with Crippen LogP contribution in [0.25, 0.3) is 0 Å². The molecule has 1 amide bonds. The monoisotopic (exact) mass is 275 g/mol. The molecule has 1 aromatic carbocycles. The lowest BCUT2D eigenvalue weighted by Gasteiger charge is -2.18. The minimum atomic E-state index is 0.0815. The molecule has 110 valence electrons. The van der Waals surface area contributed by atoms with Crippen LogP contribution in [0.1, 0.15) is 24.8 Å². The smallest absolute Gasteiger partial charge is 0.234 e. The Hall–Kier alpha value is -1.39. The molecule has 1 fully saturated rings. The Balaban J connectivity index is 1.66. The summed E-state index contributed by atoms with van der Waals surface area (Å²) in [4.78, 5) is 13.9. The number of likely N-dealkylation sites (N-methyl/N-ethyl adjacent to an activating group) is 1. The van der Waals surface area contributed by atoms with E-state index in [0.29, 0.717) is 18.5 Å². The fourth-order valence-corrected chi connectivity index (χ4v) is 2.63. The molecule has 0 aliphatic heterocycles. The van der Waals surface area contributed by atoms with Crippen LogP contribution in [0.15, 0.2) is 30.3 Å². The molecule has 4 heteroatoms. The average Bonchev–Trinajstić information content (AvgIpc) is 3.16. The zero-order valence-electron chi connectivity index (χ0n) is 12.6. The van der Waals surface area contributed by atoms with E-state index in [0.717, 1.165) is 13.0 Å². The van der Waals surface area contributed by atoms with Gasteiger partial charge < -0.3 is 15.5 Å². The third-order valence-electron chi connectivity index (χ3n) is 3.59.